The highest BCUT2D eigenvalue weighted by molar-refractivity contribution is 5.79. The largest absolute Gasteiger partial charge is 0.432 e. The van der Waals surface area contributed by atoms with Crippen LogP contribution in [0, 0.1) is 50.2 Å². The van der Waals surface area contributed by atoms with Crippen molar-refractivity contribution in [3.05, 3.63) is 11.6 Å². The lowest BCUT2D eigenvalue weighted by molar-refractivity contribution is -0.381. The number of esters is 1. The second-order valence-electron chi connectivity index (χ2n) is 28.3. The maximum atomic E-state index is 15.3. The van der Waals surface area contributed by atoms with Crippen LogP contribution in [0.2, 0.25) is 0 Å². The Balaban J connectivity index is 0.875. The number of hydrogen-bond donors (Lipinski definition) is 15. The van der Waals surface area contributed by atoms with Crippen LogP contribution in [0.1, 0.15) is 113 Å². The summed E-state index contributed by atoms with van der Waals surface area (Å²) in [4.78, 5) is 15.3. The molecule has 10 rings (SSSR count). The van der Waals surface area contributed by atoms with E-state index in [4.69, 9.17) is 47.4 Å². The molecule has 0 bridgehead atoms. The van der Waals surface area contributed by atoms with Gasteiger partial charge in [-0.1, -0.05) is 60.1 Å². The quantitative estimate of drug-likeness (QED) is 0.0528. The summed E-state index contributed by atoms with van der Waals surface area (Å²) in [5.74, 6) is -0.915. The van der Waals surface area contributed by atoms with Gasteiger partial charge in [-0.15, -0.1) is 0 Å². The van der Waals surface area contributed by atoms with Gasteiger partial charge in [0, 0.05) is 0 Å². The van der Waals surface area contributed by atoms with Gasteiger partial charge in [-0.25, -0.2) is 0 Å². The van der Waals surface area contributed by atoms with Gasteiger partial charge in [-0.05, 0) is 110 Å². The summed E-state index contributed by atoms with van der Waals surface area (Å²) in [6, 6.07) is 0. The molecule has 0 spiro atoms. The number of aliphatic hydroxyl groups excluding tert-OH is 15. The van der Waals surface area contributed by atoms with Crippen LogP contribution in [0.4, 0.5) is 0 Å². The molecule has 10 aliphatic rings. The fourth-order valence-electron chi connectivity index (χ4n) is 17.5. The third-order valence-electron chi connectivity index (χ3n) is 22.7. The van der Waals surface area contributed by atoms with Crippen molar-refractivity contribution in [2.75, 3.05) is 26.4 Å². The smallest absolute Gasteiger partial charge is 0.315 e. The molecule has 0 aromatic rings. The molecule has 5 saturated heterocycles. The van der Waals surface area contributed by atoms with Gasteiger partial charge in [0.25, 0.3) is 0 Å². The molecule has 5 heterocycles. The van der Waals surface area contributed by atoms with Gasteiger partial charge in [0.15, 0.2) is 31.3 Å². The second kappa shape index (κ2) is 23.8. The fourth-order valence-corrected chi connectivity index (χ4v) is 17.5. The van der Waals surface area contributed by atoms with Crippen LogP contribution in [-0.2, 0) is 52.2 Å². The first-order valence-electron chi connectivity index (χ1n) is 30.1. The highest BCUT2D eigenvalue weighted by Crippen LogP contribution is 2.76. The molecule has 0 amide bonds. The fraction of sp³-hybridized carbons (Fsp3) is 0.948. The van der Waals surface area contributed by atoms with E-state index >= 15 is 4.79 Å². The lowest BCUT2D eigenvalue weighted by atomic mass is 9.33. The van der Waals surface area contributed by atoms with Crippen molar-refractivity contribution in [3.8, 4) is 0 Å². The van der Waals surface area contributed by atoms with Crippen molar-refractivity contribution in [2.45, 2.75) is 267 Å². The number of rotatable bonds is 12. The van der Waals surface area contributed by atoms with E-state index in [2.05, 4.69) is 40.7 Å². The molecule has 0 aromatic heterocycles. The Morgan fingerprint density at radius 3 is 1.77 bits per heavy atom. The van der Waals surface area contributed by atoms with Gasteiger partial charge < -0.3 is 124 Å². The van der Waals surface area contributed by atoms with Crippen LogP contribution < -0.4 is 0 Å². The SMILES string of the molecule is C[C@@H]1O[C@@H](OC(=O)[C@]23CCC(C)(C)C[C@H]2C2=CC[C@H]4[C@@]5(C)C[C@@H](O)[C@H](O[C@@H]6O[C@H](CO)[C@@H](O)[C@H](O[C@@H]7OC[C@H](O)[C@H](O)[C@H]7O[C@@H]7OC[C@H](O)[C@H](O)[C@H]7O)[C@H]6O)C(C)(C)[C@@H]5CC[C@@]4(C)[C@]2(C)CC3)[C@H](O[C@@H]2O[C@H](CO)[C@@H](O)[C@H](O)[C@H]2O)[C@H](O)[C@H]1O. The first kappa shape index (κ1) is 65.2. The summed E-state index contributed by atoms with van der Waals surface area (Å²) in [5.41, 5.74) is -2.17. The molecule has 32 atom stereocenters. The number of carbonyl (C=O) groups is 1. The molecule has 9 fully saturated rings. The first-order valence-corrected chi connectivity index (χ1v) is 30.1. The zero-order valence-corrected chi connectivity index (χ0v) is 49.1. The Kier molecular flexibility index (Phi) is 18.5. The van der Waals surface area contributed by atoms with Crippen LogP contribution in [0.5, 0.6) is 0 Å². The minimum atomic E-state index is -1.86. The Bertz CT molecular complexity index is 2350. The molecule has 26 heteroatoms. The third kappa shape index (κ3) is 10.8. The monoisotopic (exact) mass is 1210 g/mol. The molecule has 482 valence electrons. The topological polar surface area (TPSA) is 413 Å². The standard InChI is InChI=1S/C58H94O26/c1-23-33(64)39(70)45(82-48-41(72)38(69)36(67)29(19-59)78-48)51(77-23)84-52(74)58-15-13-53(2,3)17-25(58)24-9-10-32-55(6)18-26(61)46(54(4,5)31(55)11-12-57(32,8)56(24,7)14-16-58)83-49-42(73)43(37(68)30(20-60)79-49)80-50-44(35(66)28(63)22-76-50)81-47-40(71)34(65)27(62)21-75-47/h9,23,25-51,59-73H,10-22H2,1-8H3/t23-,25-,26+,27-,28-,29+,30+,31-,32-,33-,34-,35-,36+,37+,38-,39+,40+,41+,42+,43-,44+,45+,46-,47-,48-,49-,50-,51-,55-,56+,57+,58-/m0/s1. The average molecular weight is 1210 g/mol. The van der Waals surface area contributed by atoms with Crippen molar-refractivity contribution < 1.29 is 129 Å². The van der Waals surface area contributed by atoms with Crippen molar-refractivity contribution in [1.82, 2.24) is 0 Å². The molecule has 0 aromatic carbocycles. The number of allylic oxidation sites excluding steroid dienone is 2. The normalized spacial score (nSPS) is 54.6. The molecule has 84 heavy (non-hydrogen) atoms. The number of fused-ring (bicyclic) bond motifs is 7. The summed E-state index contributed by atoms with van der Waals surface area (Å²) in [5, 5.41) is 163. The molecular formula is C58H94O26. The van der Waals surface area contributed by atoms with E-state index in [9.17, 15) is 76.6 Å². The minimum Gasteiger partial charge on any atom is -0.432 e. The number of ether oxygens (including phenoxy) is 10. The number of carbonyl (C=O) groups excluding carboxylic acids is 1. The summed E-state index contributed by atoms with van der Waals surface area (Å²) >= 11 is 0. The van der Waals surface area contributed by atoms with Crippen LogP contribution >= 0.6 is 0 Å². The second-order valence-corrected chi connectivity index (χ2v) is 28.3. The van der Waals surface area contributed by atoms with E-state index in [1.807, 2.05) is 13.8 Å². The number of aliphatic hydroxyl groups is 15. The highest BCUT2D eigenvalue weighted by Gasteiger charge is 2.71. The summed E-state index contributed by atoms with van der Waals surface area (Å²) < 4.78 is 59.7. The van der Waals surface area contributed by atoms with Crippen molar-refractivity contribution in [1.29, 1.82) is 0 Å². The lowest BCUT2D eigenvalue weighted by Crippen LogP contribution is -2.69. The Hall–Kier alpha value is -1.75. The predicted octanol–water partition coefficient (Wildman–Crippen LogP) is -2.93. The molecule has 0 radical (unpaired) electrons. The minimum absolute atomic E-state index is 0.0185. The maximum Gasteiger partial charge on any atom is 0.315 e. The Morgan fingerprint density at radius 2 is 1.11 bits per heavy atom. The van der Waals surface area contributed by atoms with Crippen molar-refractivity contribution in [3.63, 3.8) is 0 Å². The Morgan fingerprint density at radius 1 is 0.536 bits per heavy atom. The summed E-state index contributed by atoms with van der Waals surface area (Å²) in [7, 11) is 0. The van der Waals surface area contributed by atoms with Crippen LogP contribution in [0.25, 0.3) is 0 Å². The van der Waals surface area contributed by atoms with Gasteiger partial charge in [0.1, 0.15) is 97.7 Å². The first-order chi connectivity index (χ1) is 39.3. The molecule has 4 saturated carbocycles. The third-order valence-corrected chi connectivity index (χ3v) is 22.7. The van der Waals surface area contributed by atoms with E-state index in [0.717, 1.165) is 6.42 Å². The van der Waals surface area contributed by atoms with E-state index < -0.39 is 208 Å². The van der Waals surface area contributed by atoms with Gasteiger partial charge >= 0.3 is 5.97 Å². The zero-order valence-electron chi connectivity index (χ0n) is 49.1. The van der Waals surface area contributed by atoms with Crippen LogP contribution in [-0.4, -0.2) is 263 Å². The molecule has 15 N–H and O–H groups in total. The maximum absolute atomic E-state index is 15.3. The summed E-state index contributed by atoms with van der Waals surface area (Å²) in [6.07, 6.45) is -31.9. The molecule has 5 aliphatic heterocycles. The zero-order chi connectivity index (χ0) is 61.3. The van der Waals surface area contributed by atoms with Gasteiger partial charge in [-0.3, -0.25) is 4.79 Å². The molecule has 5 aliphatic carbocycles. The van der Waals surface area contributed by atoms with E-state index in [-0.39, 0.29) is 35.0 Å². The Labute approximate surface area is 488 Å². The molecule has 0 unspecified atom stereocenters. The van der Waals surface area contributed by atoms with Crippen molar-refractivity contribution >= 4 is 5.97 Å². The average Bonchev–Trinajstić information content (AvgIpc) is 1.14. The number of hydrogen-bond acceptors (Lipinski definition) is 26. The van der Waals surface area contributed by atoms with E-state index in [1.54, 1.807) is 0 Å². The predicted molar refractivity (Wildman–Crippen MR) is 283 cm³/mol. The summed E-state index contributed by atoms with van der Waals surface area (Å²) in [6.45, 7) is 14.4. The van der Waals surface area contributed by atoms with Crippen LogP contribution in [0.3, 0.4) is 0 Å². The highest BCUT2D eigenvalue weighted by atomic mass is 16.8. The molecule has 26 nitrogen and oxygen atoms in total. The lowest BCUT2D eigenvalue weighted by Gasteiger charge is -2.71. The van der Waals surface area contributed by atoms with E-state index in [0.29, 0.717) is 44.9 Å². The van der Waals surface area contributed by atoms with Gasteiger partial charge in [-0.2, -0.15) is 0 Å². The van der Waals surface area contributed by atoms with Crippen LogP contribution in [0.15, 0.2) is 11.6 Å². The molecular weight excluding hydrogens is 1110 g/mol. The van der Waals surface area contributed by atoms with Crippen molar-refractivity contribution in [2.24, 2.45) is 50.2 Å². The van der Waals surface area contributed by atoms with E-state index in [1.165, 1.54) is 12.5 Å². The van der Waals surface area contributed by atoms with Gasteiger partial charge in [0.05, 0.1) is 50.2 Å². The van der Waals surface area contributed by atoms with Gasteiger partial charge in [0.2, 0.25) is 6.29 Å².